The van der Waals surface area contributed by atoms with E-state index >= 15 is 0 Å². The average Bonchev–Trinajstić information content (AvgIpc) is 3.28. The number of methoxy groups -OCH3 is 1. The van der Waals surface area contributed by atoms with E-state index in [2.05, 4.69) is 15.5 Å². The second kappa shape index (κ2) is 6.66. The average molecular weight is 331 g/mol. The number of carbonyl (C=O) groups is 1. The highest BCUT2D eigenvalue weighted by atomic mass is 32.1. The zero-order valence-electron chi connectivity index (χ0n) is 12.8. The van der Waals surface area contributed by atoms with Gasteiger partial charge in [0.25, 0.3) is 5.91 Å². The fourth-order valence-corrected chi connectivity index (χ4v) is 3.15. The highest BCUT2D eigenvalue weighted by molar-refractivity contribution is 7.10. The first kappa shape index (κ1) is 15.3. The maximum absolute atomic E-state index is 12.4. The summed E-state index contributed by atoms with van der Waals surface area (Å²) in [6, 6.07) is 5.85. The lowest BCUT2D eigenvalue weighted by Gasteiger charge is -2.17. The lowest BCUT2D eigenvalue weighted by molar-refractivity contribution is 0.0946. The van der Waals surface area contributed by atoms with Crippen LogP contribution in [-0.2, 0) is 7.05 Å². The van der Waals surface area contributed by atoms with Crippen LogP contribution in [0.5, 0.6) is 5.88 Å². The van der Waals surface area contributed by atoms with E-state index in [0.29, 0.717) is 18.0 Å². The molecular formula is C15H17N5O2S. The summed E-state index contributed by atoms with van der Waals surface area (Å²) in [6.45, 7) is 0.430. The molecule has 0 saturated carbocycles. The quantitative estimate of drug-likeness (QED) is 0.746. The largest absolute Gasteiger partial charge is 0.479 e. The van der Waals surface area contributed by atoms with Crippen molar-refractivity contribution >= 4 is 17.2 Å². The minimum absolute atomic E-state index is 0.0448. The summed E-state index contributed by atoms with van der Waals surface area (Å²) in [5, 5.41) is 13.3. The van der Waals surface area contributed by atoms with Gasteiger partial charge in [0.1, 0.15) is 11.6 Å². The summed E-state index contributed by atoms with van der Waals surface area (Å²) in [5.74, 6) is 0.0976. The van der Waals surface area contributed by atoms with Crippen molar-refractivity contribution in [1.82, 2.24) is 24.9 Å². The van der Waals surface area contributed by atoms with Crippen LogP contribution in [0.4, 0.5) is 0 Å². The monoisotopic (exact) mass is 331 g/mol. The van der Waals surface area contributed by atoms with Gasteiger partial charge in [-0.05, 0) is 17.5 Å². The van der Waals surface area contributed by atoms with E-state index in [1.807, 2.05) is 34.5 Å². The Labute approximate surface area is 137 Å². The van der Waals surface area contributed by atoms with E-state index < -0.39 is 0 Å². The number of hydrogen-bond donors (Lipinski definition) is 1. The van der Waals surface area contributed by atoms with E-state index in [1.165, 1.54) is 7.11 Å². The number of nitrogens with zero attached hydrogens (tertiary/aromatic N) is 4. The molecule has 3 aromatic rings. The standard InChI is InChI=1S/C15H17N5O2S/c1-19-10-11(15(18-19)22-2)14(21)16-9-12(13-5-3-8-23-13)20-7-4-6-17-20/h3-8,10,12H,9H2,1-2H3,(H,16,21). The third-order valence-electron chi connectivity index (χ3n) is 3.40. The van der Waals surface area contributed by atoms with Gasteiger partial charge in [-0.15, -0.1) is 16.4 Å². The number of nitrogens with one attached hydrogen (secondary N) is 1. The molecule has 1 unspecified atom stereocenters. The van der Waals surface area contributed by atoms with Crippen LogP contribution in [0.3, 0.4) is 0 Å². The summed E-state index contributed by atoms with van der Waals surface area (Å²) in [7, 11) is 3.24. The van der Waals surface area contributed by atoms with Crippen molar-refractivity contribution in [3.05, 3.63) is 52.6 Å². The summed E-state index contributed by atoms with van der Waals surface area (Å²) in [5.41, 5.74) is 0.417. The Hall–Kier alpha value is -2.61. The topological polar surface area (TPSA) is 74.0 Å². The first-order valence-corrected chi connectivity index (χ1v) is 7.95. The first-order valence-electron chi connectivity index (χ1n) is 7.07. The molecule has 3 heterocycles. The van der Waals surface area contributed by atoms with Crippen LogP contribution in [0.1, 0.15) is 21.3 Å². The molecule has 1 N–H and O–H groups in total. The lowest BCUT2D eigenvalue weighted by Crippen LogP contribution is -2.31. The molecule has 3 aromatic heterocycles. The predicted molar refractivity (Wildman–Crippen MR) is 86.8 cm³/mol. The number of rotatable bonds is 6. The van der Waals surface area contributed by atoms with Crippen LogP contribution in [0.25, 0.3) is 0 Å². The fraction of sp³-hybridized carbons (Fsp3) is 0.267. The minimum Gasteiger partial charge on any atom is -0.479 e. The van der Waals surface area contributed by atoms with Crippen molar-refractivity contribution in [3.8, 4) is 5.88 Å². The van der Waals surface area contributed by atoms with E-state index in [0.717, 1.165) is 4.88 Å². The minimum atomic E-state index is -0.219. The summed E-state index contributed by atoms with van der Waals surface area (Å²) >= 11 is 1.64. The van der Waals surface area contributed by atoms with Crippen LogP contribution >= 0.6 is 11.3 Å². The second-order valence-corrected chi connectivity index (χ2v) is 5.93. The molecule has 0 aliphatic rings. The Morgan fingerprint density at radius 1 is 1.48 bits per heavy atom. The van der Waals surface area contributed by atoms with E-state index in [-0.39, 0.29) is 11.9 Å². The van der Waals surface area contributed by atoms with Gasteiger partial charge in [0.2, 0.25) is 5.88 Å². The summed E-state index contributed by atoms with van der Waals surface area (Å²) in [6.07, 6.45) is 5.26. The Balaban J connectivity index is 1.75. The van der Waals surface area contributed by atoms with Gasteiger partial charge < -0.3 is 10.1 Å². The molecule has 23 heavy (non-hydrogen) atoms. The molecule has 0 saturated heterocycles. The third-order valence-corrected chi connectivity index (χ3v) is 4.38. The molecule has 0 spiro atoms. The number of thiophene rings is 1. The van der Waals surface area contributed by atoms with Crippen molar-refractivity contribution in [1.29, 1.82) is 0 Å². The van der Waals surface area contributed by atoms with Gasteiger partial charge in [-0.25, -0.2) is 0 Å². The predicted octanol–water partition coefficient (Wildman–Crippen LogP) is 1.71. The molecular weight excluding hydrogens is 314 g/mol. The first-order chi connectivity index (χ1) is 11.2. The van der Waals surface area contributed by atoms with Gasteiger partial charge in [-0.3, -0.25) is 14.2 Å². The number of carbonyl (C=O) groups excluding carboxylic acids is 1. The van der Waals surface area contributed by atoms with Gasteiger partial charge in [0, 0.05) is 37.1 Å². The van der Waals surface area contributed by atoms with Crippen LogP contribution < -0.4 is 10.1 Å². The van der Waals surface area contributed by atoms with Crippen molar-refractivity contribution in [2.24, 2.45) is 7.05 Å². The van der Waals surface area contributed by atoms with Crippen LogP contribution in [0.15, 0.2) is 42.2 Å². The fourth-order valence-electron chi connectivity index (χ4n) is 2.33. The summed E-state index contributed by atoms with van der Waals surface area (Å²) in [4.78, 5) is 13.5. The van der Waals surface area contributed by atoms with Crippen LogP contribution in [0, 0.1) is 0 Å². The molecule has 120 valence electrons. The Bertz CT molecular complexity index is 730. The molecule has 3 rings (SSSR count). The smallest absolute Gasteiger partial charge is 0.258 e. The molecule has 0 radical (unpaired) electrons. The zero-order valence-corrected chi connectivity index (χ0v) is 13.7. The molecule has 1 atom stereocenters. The molecule has 8 heteroatoms. The van der Waals surface area contributed by atoms with Crippen LogP contribution in [0.2, 0.25) is 0 Å². The normalized spacial score (nSPS) is 12.1. The Kier molecular flexibility index (Phi) is 4.42. The van der Waals surface area contributed by atoms with Gasteiger partial charge in [-0.2, -0.15) is 5.10 Å². The van der Waals surface area contributed by atoms with Crippen LogP contribution in [-0.4, -0.2) is 39.1 Å². The van der Waals surface area contributed by atoms with Gasteiger partial charge in [-0.1, -0.05) is 6.07 Å². The Morgan fingerprint density at radius 3 is 3.00 bits per heavy atom. The van der Waals surface area contributed by atoms with Crippen molar-refractivity contribution in [2.75, 3.05) is 13.7 Å². The van der Waals surface area contributed by atoms with E-state index in [4.69, 9.17) is 4.74 Å². The number of ether oxygens (including phenoxy) is 1. The van der Waals surface area contributed by atoms with Crippen molar-refractivity contribution in [2.45, 2.75) is 6.04 Å². The molecule has 0 aliphatic carbocycles. The second-order valence-electron chi connectivity index (χ2n) is 4.95. The number of aromatic nitrogens is 4. The molecule has 1 amide bonds. The Morgan fingerprint density at radius 2 is 2.35 bits per heavy atom. The summed E-state index contributed by atoms with van der Waals surface area (Å²) < 4.78 is 8.52. The SMILES string of the molecule is COc1nn(C)cc1C(=O)NCC(c1cccs1)n1cccn1. The van der Waals surface area contributed by atoms with Gasteiger partial charge in [0.05, 0.1) is 7.11 Å². The number of aryl methyl sites for hydroxylation is 1. The molecule has 0 aromatic carbocycles. The third kappa shape index (κ3) is 3.26. The number of amides is 1. The highest BCUT2D eigenvalue weighted by Gasteiger charge is 2.20. The zero-order chi connectivity index (χ0) is 16.2. The maximum atomic E-state index is 12.4. The van der Waals surface area contributed by atoms with Crippen molar-refractivity contribution < 1.29 is 9.53 Å². The van der Waals surface area contributed by atoms with Gasteiger partial charge in [0.15, 0.2) is 0 Å². The molecule has 0 aliphatic heterocycles. The molecule has 0 bridgehead atoms. The highest BCUT2D eigenvalue weighted by Crippen LogP contribution is 2.22. The van der Waals surface area contributed by atoms with E-state index in [1.54, 1.807) is 35.5 Å². The number of hydrogen-bond acceptors (Lipinski definition) is 5. The van der Waals surface area contributed by atoms with E-state index in [9.17, 15) is 4.79 Å². The maximum Gasteiger partial charge on any atom is 0.258 e. The molecule has 0 fully saturated rings. The van der Waals surface area contributed by atoms with Crippen molar-refractivity contribution in [3.63, 3.8) is 0 Å². The molecule has 7 nitrogen and oxygen atoms in total. The van der Waals surface area contributed by atoms with Gasteiger partial charge >= 0.3 is 0 Å². The lowest BCUT2D eigenvalue weighted by atomic mass is 10.2.